The van der Waals surface area contributed by atoms with Crippen molar-refractivity contribution in [3.8, 4) is 0 Å². The third-order valence-electron chi connectivity index (χ3n) is 6.01. The molecule has 0 N–H and O–H groups in total. The molecule has 162 valence electrons. The number of aryl methyl sites for hydroxylation is 1. The molecule has 2 atom stereocenters. The van der Waals surface area contributed by atoms with Crippen LogP contribution in [0.25, 0.3) is 0 Å². The smallest absolute Gasteiger partial charge is 0.240 e. The first-order valence-electron chi connectivity index (χ1n) is 10.6. The predicted molar refractivity (Wildman–Crippen MR) is 117 cm³/mol. The van der Waals surface area contributed by atoms with E-state index in [1.165, 1.54) is 6.07 Å². The summed E-state index contributed by atoms with van der Waals surface area (Å²) in [4.78, 5) is 24.5. The largest absolute Gasteiger partial charge is 0.340 e. The van der Waals surface area contributed by atoms with Gasteiger partial charge in [0.05, 0.1) is 6.04 Å². The Morgan fingerprint density at radius 1 is 1.23 bits per heavy atom. The lowest BCUT2D eigenvalue weighted by Crippen LogP contribution is -2.46. The molecule has 0 aliphatic carbocycles. The number of rotatable bonds is 5. The highest BCUT2D eigenvalue weighted by atomic mass is 32.2. The van der Waals surface area contributed by atoms with Crippen LogP contribution in [0.15, 0.2) is 41.8 Å². The third-order valence-corrected chi connectivity index (χ3v) is 7.28. The number of benzene rings is 1. The predicted octanol–water partition coefficient (Wildman–Crippen LogP) is 2.46. The molecule has 0 bridgehead atoms. The molecule has 6 nitrogen and oxygen atoms in total. The van der Waals surface area contributed by atoms with Gasteiger partial charge in [0.25, 0.3) is 0 Å². The van der Waals surface area contributed by atoms with Crippen LogP contribution in [0.1, 0.15) is 18.4 Å². The zero-order valence-electron chi connectivity index (χ0n) is 17.7. The number of likely N-dealkylation sites (N-methyl/N-ethyl adjacent to an activating group) is 1. The zero-order valence-corrected chi connectivity index (χ0v) is 18.5. The van der Waals surface area contributed by atoms with Crippen molar-refractivity contribution in [1.82, 2.24) is 24.3 Å². The summed E-state index contributed by atoms with van der Waals surface area (Å²) < 4.78 is 15.7. The van der Waals surface area contributed by atoms with E-state index in [-0.39, 0.29) is 23.0 Å². The maximum atomic E-state index is 13.7. The number of thioether (sulfide) groups is 1. The topological polar surface area (TPSA) is 44.6 Å². The zero-order chi connectivity index (χ0) is 21.1. The summed E-state index contributed by atoms with van der Waals surface area (Å²) in [5.41, 5.74) is 0.908. The van der Waals surface area contributed by atoms with Crippen LogP contribution in [0.4, 0.5) is 4.39 Å². The lowest BCUT2D eigenvalue weighted by molar-refractivity contribution is -0.136. The minimum atomic E-state index is -0.232. The van der Waals surface area contributed by atoms with Crippen molar-refractivity contribution < 1.29 is 9.18 Å². The fourth-order valence-electron chi connectivity index (χ4n) is 4.34. The van der Waals surface area contributed by atoms with Gasteiger partial charge in [-0.1, -0.05) is 23.9 Å². The van der Waals surface area contributed by atoms with Crippen LogP contribution in [-0.2, 0) is 18.4 Å². The van der Waals surface area contributed by atoms with E-state index in [0.717, 1.165) is 56.3 Å². The minimum absolute atomic E-state index is 0.172. The van der Waals surface area contributed by atoms with Gasteiger partial charge in [-0.15, -0.1) is 0 Å². The van der Waals surface area contributed by atoms with Gasteiger partial charge in [-0.25, -0.2) is 9.37 Å². The summed E-state index contributed by atoms with van der Waals surface area (Å²) in [7, 11) is 4.10. The highest BCUT2D eigenvalue weighted by Crippen LogP contribution is 2.33. The van der Waals surface area contributed by atoms with Gasteiger partial charge < -0.3 is 14.4 Å². The Bertz CT molecular complexity index is 875. The van der Waals surface area contributed by atoms with Crippen molar-refractivity contribution in [1.29, 1.82) is 0 Å². The SMILES string of the molecule is CN1CCCN(C(=O)[C@@H]2C[C@@H](Sc3nccn3C)CN2Cc2cccc(F)c2)CC1. The number of hydrogen-bond donors (Lipinski definition) is 0. The third kappa shape index (κ3) is 5.04. The first kappa shape index (κ1) is 21.3. The Morgan fingerprint density at radius 2 is 2.10 bits per heavy atom. The van der Waals surface area contributed by atoms with Gasteiger partial charge in [-0.05, 0) is 44.1 Å². The molecule has 0 spiro atoms. The number of carbonyl (C=O) groups excluding carboxylic acids is 1. The average molecular weight is 432 g/mol. The Labute approximate surface area is 182 Å². The second-order valence-electron chi connectivity index (χ2n) is 8.35. The van der Waals surface area contributed by atoms with Crippen molar-refractivity contribution in [2.24, 2.45) is 7.05 Å². The molecule has 1 aromatic carbocycles. The fourth-order valence-corrected chi connectivity index (χ4v) is 5.53. The number of halogens is 1. The molecule has 0 radical (unpaired) electrons. The normalized spacial score (nSPS) is 23.6. The Balaban J connectivity index is 1.50. The Kier molecular flexibility index (Phi) is 6.75. The summed E-state index contributed by atoms with van der Waals surface area (Å²) >= 11 is 1.73. The lowest BCUT2D eigenvalue weighted by atomic mass is 10.1. The Morgan fingerprint density at radius 3 is 2.87 bits per heavy atom. The van der Waals surface area contributed by atoms with E-state index < -0.39 is 0 Å². The molecule has 2 aliphatic rings. The average Bonchev–Trinajstić information content (AvgIpc) is 3.22. The summed E-state index contributed by atoms with van der Waals surface area (Å²) in [5, 5.41) is 1.25. The van der Waals surface area contributed by atoms with E-state index in [1.54, 1.807) is 30.1 Å². The second-order valence-corrected chi connectivity index (χ2v) is 9.62. The van der Waals surface area contributed by atoms with E-state index in [9.17, 15) is 9.18 Å². The quantitative estimate of drug-likeness (QED) is 0.728. The minimum Gasteiger partial charge on any atom is -0.340 e. The van der Waals surface area contributed by atoms with Crippen LogP contribution >= 0.6 is 11.8 Å². The molecule has 1 aromatic heterocycles. The molecule has 1 amide bonds. The van der Waals surface area contributed by atoms with Crippen molar-refractivity contribution >= 4 is 17.7 Å². The number of carbonyl (C=O) groups is 1. The van der Waals surface area contributed by atoms with Crippen LogP contribution in [0.3, 0.4) is 0 Å². The molecular formula is C22H30FN5OS. The van der Waals surface area contributed by atoms with Gasteiger partial charge >= 0.3 is 0 Å². The molecule has 2 saturated heterocycles. The van der Waals surface area contributed by atoms with E-state index in [1.807, 2.05) is 28.8 Å². The maximum Gasteiger partial charge on any atom is 0.240 e. The highest BCUT2D eigenvalue weighted by Gasteiger charge is 2.39. The van der Waals surface area contributed by atoms with E-state index in [2.05, 4.69) is 21.8 Å². The number of nitrogens with zero attached hydrogens (tertiary/aromatic N) is 5. The first-order chi connectivity index (χ1) is 14.5. The number of amides is 1. The molecule has 0 saturated carbocycles. The standard InChI is InChI=1S/C22H30FN5OS/c1-25-8-4-9-27(12-11-25)21(29)20-14-19(30-22-24-7-10-26(22)2)16-28(20)15-17-5-3-6-18(23)13-17/h3,5-7,10,13,19-20H,4,8-9,11-12,14-16H2,1-2H3/t19-,20+/m1/s1. The molecule has 8 heteroatoms. The van der Waals surface area contributed by atoms with Gasteiger partial charge in [-0.2, -0.15) is 0 Å². The molecule has 4 rings (SSSR count). The van der Waals surface area contributed by atoms with E-state index >= 15 is 0 Å². The molecule has 2 aliphatic heterocycles. The summed E-state index contributed by atoms with van der Waals surface area (Å²) in [6.45, 7) is 4.89. The number of hydrogen-bond acceptors (Lipinski definition) is 5. The van der Waals surface area contributed by atoms with E-state index in [0.29, 0.717) is 6.54 Å². The number of aromatic nitrogens is 2. The van der Waals surface area contributed by atoms with Gasteiger partial charge in [-0.3, -0.25) is 9.69 Å². The second kappa shape index (κ2) is 9.49. The molecule has 2 aromatic rings. The summed E-state index contributed by atoms with van der Waals surface area (Å²) in [6, 6.07) is 6.53. The molecule has 0 unspecified atom stereocenters. The van der Waals surface area contributed by atoms with Crippen molar-refractivity contribution in [2.75, 3.05) is 39.8 Å². The fraction of sp³-hybridized carbons (Fsp3) is 0.545. The number of likely N-dealkylation sites (tertiary alicyclic amines) is 1. The molecule has 2 fully saturated rings. The van der Waals surface area contributed by atoms with Crippen molar-refractivity contribution in [3.05, 3.63) is 48.0 Å². The van der Waals surface area contributed by atoms with Crippen molar-refractivity contribution in [3.63, 3.8) is 0 Å². The lowest BCUT2D eigenvalue weighted by Gasteiger charge is -2.29. The van der Waals surface area contributed by atoms with Crippen molar-refractivity contribution in [2.45, 2.75) is 35.8 Å². The van der Waals surface area contributed by atoms with Gasteiger partial charge in [0, 0.05) is 57.4 Å². The van der Waals surface area contributed by atoms with Crippen LogP contribution in [0.5, 0.6) is 0 Å². The molecule has 30 heavy (non-hydrogen) atoms. The van der Waals surface area contributed by atoms with Gasteiger partial charge in [0.15, 0.2) is 5.16 Å². The monoisotopic (exact) mass is 431 g/mol. The highest BCUT2D eigenvalue weighted by molar-refractivity contribution is 7.99. The van der Waals surface area contributed by atoms with Gasteiger partial charge in [0.1, 0.15) is 5.82 Å². The summed E-state index contributed by atoms with van der Waals surface area (Å²) in [5.74, 6) is -0.0197. The molecular weight excluding hydrogens is 401 g/mol. The summed E-state index contributed by atoms with van der Waals surface area (Å²) in [6.07, 6.45) is 5.54. The van der Waals surface area contributed by atoms with E-state index in [4.69, 9.17) is 0 Å². The van der Waals surface area contributed by atoms with Crippen LogP contribution in [0.2, 0.25) is 0 Å². The number of imidazole rings is 1. The molecule has 3 heterocycles. The Hall–Kier alpha value is -1.90. The van der Waals surface area contributed by atoms with Crippen LogP contribution in [0, 0.1) is 5.82 Å². The van der Waals surface area contributed by atoms with Crippen LogP contribution in [-0.4, -0.2) is 81.2 Å². The maximum absolute atomic E-state index is 13.7. The van der Waals surface area contributed by atoms with Crippen LogP contribution < -0.4 is 0 Å². The van der Waals surface area contributed by atoms with Gasteiger partial charge in [0.2, 0.25) is 5.91 Å². The first-order valence-corrected chi connectivity index (χ1v) is 11.5.